The number of halogens is 2. The highest BCUT2D eigenvalue weighted by atomic mass is 35.5. The maximum absolute atomic E-state index is 11.8. The van der Waals surface area contributed by atoms with Crippen molar-refractivity contribution in [1.29, 1.82) is 0 Å². The van der Waals surface area contributed by atoms with Gasteiger partial charge in [-0.05, 0) is 32.9 Å². The molecule has 0 bridgehead atoms. The van der Waals surface area contributed by atoms with Gasteiger partial charge in [-0.25, -0.2) is 9.59 Å². The lowest BCUT2D eigenvalue weighted by atomic mass is 10.1. The Bertz CT molecular complexity index is 520. The molecule has 0 unspecified atom stereocenters. The van der Waals surface area contributed by atoms with Crippen LogP contribution in [-0.2, 0) is 9.78 Å². The molecule has 0 atom stereocenters. The van der Waals surface area contributed by atoms with Gasteiger partial charge in [0.2, 0.25) is 0 Å². The zero-order valence-corrected chi connectivity index (χ0v) is 12.0. The minimum Gasteiger partial charge on any atom is -0.478 e. The third-order valence-corrected chi connectivity index (χ3v) is 2.60. The van der Waals surface area contributed by atoms with Crippen LogP contribution in [0.1, 0.15) is 41.5 Å². The molecule has 0 heterocycles. The number of aromatic carboxylic acids is 1. The Balaban J connectivity index is 3.08. The summed E-state index contributed by atoms with van der Waals surface area (Å²) in [5, 5.41) is 9.09. The first kappa shape index (κ1) is 15.8. The molecule has 7 heteroatoms. The van der Waals surface area contributed by atoms with Crippen LogP contribution in [0, 0.1) is 0 Å². The summed E-state index contributed by atoms with van der Waals surface area (Å²) in [5.41, 5.74) is -1.25. The van der Waals surface area contributed by atoms with Crippen molar-refractivity contribution in [2.24, 2.45) is 0 Å². The number of rotatable bonds is 3. The van der Waals surface area contributed by atoms with E-state index in [1.54, 1.807) is 20.8 Å². The minimum atomic E-state index is -1.32. The first-order valence-electron chi connectivity index (χ1n) is 5.24. The van der Waals surface area contributed by atoms with Crippen molar-refractivity contribution in [3.05, 3.63) is 33.3 Å². The summed E-state index contributed by atoms with van der Waals surface area (Å²) in [7, 11) is 0. The van der Waals surface area contributed by atoms with Crippen LogP contribution in [-0.4, -0.2) is 22.6 Å². The molecule has 0 saturated carbocycles. The van der Waals surface area contributed by atoms with Gasteiger partial charge in [0.05, 0.1) is 21.2 Å². The van der Waals surface area contributed by atoms with Gasteiger partial charge in [-0.3, -0.25) is 4.89 Å². The quantitative estimate of drug-likeness (QED) is 0.682. The van der Waals surface area contributed by atoms with E-state index in [2.05, 4.69) is 4.89 Å². The summed E-state index contributed by atoms with van der Waals surface area (Å²) < 4.78 is 0. The van der Waals surface area contributed by atoms with E-state index in [4.69, 9.17) is 33.2 Å². The number of carboxylic acid groups (broad SMARTS) is 1. The smallest absolute Gasteiger partial charge is 0.374 e. The first-order chi connectivity index (χ1) is 8.61. The highest BCUT2D eigenvalue weighted by Crippen LogP contribution is 2.27. The van der Waals surface area contributed by atoms with E-state index in [0.717, 1.165) is 12.1 Å². The van der Waals surface area contributed by atoms with Gasteiger partial charge in [-0.2, -0.15) is 4.89 Å². The number of hydrogen-bond acceptors (Lipinski definition) is 4. The zero-order chi connectivity index (χ0) is 14.8. The summed E-state index contributed by atoms with van der Waals surface area (Å²) in [5.74, 6) is -2.27. The molecule has 1 aromatic rings. The number of carboxylic acids is 1. The minimum absolute atomic E-state index is 0.0346. The molecule has 5 nitrogen and oxygen atoms in total. The number of benzene rings is 1. The van der Waals surface area contributed by atoms with E-state index in [-0.39, 0.29) is 21.2 Å². The average molecular weight is 307 g/mol. The second-order valence-corrected chi connectivity index (χ2v) is 5.50. The number of hydrogen-bond donors (Lipinski definition) is 1. The van der Waals surface area contributed by atoms with E-state index >= 15 is 0 Å². The molecule has 19 heavy (non-hydrogen) atoms. The number of carbonyl (C=O) groups is 2. The lowest BCUT2D eigenvalue weighted by Crippen LogP contribution is -2.22. The maximum atomic E-state index is 11.8. The fourth-order valence-electron chi connectivity index (χ4n) is 1.10. The molecule has 0 saturated heterocycles. The van der Waals surface area contributed by atoms with Crippen LogP contribution in [0.25, 0.3) is 0 Å². The largest absolute Gasteiger partial charge is 0.478 e. The highest BCUT2D eigenvalue weighted by molar-refractivity contribution is 6.42. The third-order valence-electron chi connectivity index (χ3n) is 1.88. The maximum Gasteiger partial charge on any atom is 0.374 e. The van der Waals surface area contributed by atoms with Gasteiger partial charge in [0, 0.05) is 0 Å². The summed E-state index contributed by atoms with van der Waals surface area (Å²) in [6.07, 6.45) is 0. The molecular weight excluding hydrogens is 295 g/mol. The predicted molar refractivity (Wildman–Crippen MR) is 69.7 cm³/mol. The van der Waals surface area contributed by atoms with Gasteiger partial charge in [0.1, 0.15) is 5.60 Å². The number of carbonyl (C=O) groups excluding carboxylic acids is 1. The fourth-order valence-corrected chi connectivity index (χ4v) is 1.43. The summed E-state index contributed by atoms with van der Waals surface area (Å²) in [4.78, 5) is 32.2. The molecule has 1 aromatic carbocycles. The molecule has 0 aliphatic heterocycles. The molecule has 104 valence electrons. The Morgan fingerprint density at radius 1 is 1.11 bits per heavy atom. The van der Waals surface area contributed by atoms with Crippen LogP contribution in [0.3, 0.4) is 0 Å². The molecule has 0 fully saturated rings. The lowest BCUT2D eigenvalue weighted by molar-refractivity contribution is -0.301. The Kier molecular flexibility index (Phi) is 4.79. The van der Waals surface area contributed by atoms with Crippen LogP contribution >= 0.6 is 23.2 Å². The molecule has 0 aliphatic rings. The molecule has 0 radical (unpaired) electrons. The van der Waals surface area contributed by atoms with Crippen LogP contribution in [0.4, 0.5) is 0 Å². The second kappa shape index (κ2) is 5.77. The Labute approximate surface area is 120 Å². The summed E-state index contributed by atoms with van der Waals surface area (Å²) in [6, 6.07) is 2.21. The van der Waals surface area contributed by atoms with Crippen LogP contribution in [0.5, 0.6) is 0 Å². The van der Waals surface area contributed by atoms with Gasteiger partial charge in [0.25, 0.3) is 0 Å². The molecule has 0 aliphatic carbocycles. The molecular formula is C12H12Cl2O5. The fraction of sp³-hybridized carbons (Fsp3) is 0.333. The van der Waals surface area contributed by atoms with E-state index in [1.165, 1.54) is 0 Å². The van der Waals surface area contributed by atoms with E-state index in [1.807, 2.05) is 0 Å². The second-order valence-electron chi connectivity index (χ2n) is 4.68. The van der Waals surface area contributed by atoms with E-state index in [9.17, 15) is 9.59 Å². The monoisotopic (exact) mass is 306 g/mol. The molecule has 0 aromatic heterocycles. The van der Waals surface area contributed by atoms with Crippen molar-refractivity contribution in [1.82, 2.24) is 0 Å². The van der Waals surface area contributed by atoms with Crippen molar-refractivity contribution < 1.29 is 24.5 Å². The van der Waals surface area contributed by atoms with Crippen LogP contribution in [0.2, 0.25) is 10.0 Å². The normalized spacial score (nSPS) is 11.2. The first-order valence-corrected chi connectivity index (χ1v) is 6.00. The van der Waals surface area contributed by atoms with Gasteiger partial charge < -0.3 is 5.11 Å². The van der Waals surface area contributed by atoms with Gasteiger partial charge >= 0.3 is 11.9 Å². The topological polar surface area (TPSA) is 72.8 Å². The van der Waals surface area contributed by atoms with Gasteiger partial charge in [-0.15, -0.1) is 0 Å². The molecule has 1 N–H and O–H groups in total. The van der Waals surface area contributed by atoms with Crippen LogP contribution < -0.4 is 0 Å². The van der Waals surface area contributed by atoms with Crippen LogP contribution in [0.15, 0.2) is 12.1 Å². The zero-order valence-electron chi connectivity index (χ0n) is 10.5. The van der Waals surface area contributed by atoms with Crippen molar-refractivity contribution in [2.45, 2.75) is 26.4 Å². The van der Waals surface area contributed by atoms with Crippen molar-refractivity contribution in [3.63, 3.8) is 0 Å². The Morgan fingerprint density at radius 3 is 2.00 bits per heavy atom. The third kappa shape index (κ3) is 4.38. The Morgan fingerprint density at radius 2 is 1.58 bits per heavy atom. The van der Waals surface area contributed by atoms with Gasteiger partial charge in [-0.1, -0.05) is 23.2 Å². The standard InChI is InChI=1S/C12H12Cl2O5/c1-12(2,3)19-18-11(17)7-5-9(14)8(13)4-6(7)10(15)16/h4-5H,1-3H3,(H,15,16). The van der Waals surface area contributed by atoms with Crippen molar-refractivity contribution in [2.75, 3.05) is 0 Å². The van der Waals surface area contributed by atoms with E-state index in [0.29, 0.717) is 0 Å². The highest BCUT2D eigenvalue weighted by Gasteiger charge is 2.23. The SMILES string of the molecule is CC(C)(C)OOC(=O)c1cc(Cl)c(Cl)cc1C(=O)O. The van der Waals surface area contributed by atoms with Crippen molar-refractivity contribution >= 4 is 35.1 Å². The lowest BCUT2D eigenvalue weighted by Gasteiger charge is -2.17. The molecule has 0 spiro atoms. The predicted octanol–water partition coefficient (Wildman–Crippen LogP) is 3.58. The average Bonchev–Trinajstić information content (AvgIpc) is 2.27. The Hall–Kier alpha value is -1.30. The van der Waals surface area contributed by atoms with E-state index < -0.39 is 17.5 Å². The molecule has 0 amide bonds. The summed E-state index contributed by atoms with van der Waals surface area (Å²) >= 11 is 11.5. The summed E-state index contributed by atoms with van der Waals surface area (Å²) in [6.45, 7) is 5.02. The van der Waals surface area contributed by atoms with Crippen molar-refractivity contribution in [3.8, 4) is 0 Å². The molecule has 1 rings (SSSR count). The van der Waals surface area contributed by atoms with Gasteiger partial charge in [0.15, 0.2) is 0 Å².